The minimum Gasteiger partial charge on any atom is -0.342 e. The molecular formula is C28H32FN3O2. The van der Waals surface area contributed by atoms with E-state index in [-0.39, 0.29) is 17.6 Å². The van der Waals surface area contributed by atoms with E-state index in [9.17, 15) is 14.0 Å². The van der Waals surface area contributed by atoms with Crippen molar-refractivity contribution in [1.29, 1.82) is 0 Å². The van der Waals surface area contributed by atoms with Gasteiger partial charge in [-0.1, -0.05) is 13.8 Å². The third-order valence-corrected chi connectivity index (χ3v) is 6.36. The van der Waals surface area contributed by atoms with Crippen molar-refractivity contribution in [3.63, 3.8) is 0 Å². The van der Waals surface area contributed by atoms with E-state index in [1.54, 1.807) is 12.1 Å². The standard InChI is InChI=1S/C28H32FN3O2/c1-19-16-20(2)18-31(17-19)28(34)15-13-26-12-14-27(22-4-6-23(29)7-5-22)32(26)25-10-8-24(9-11-25)30-21(3)33/h4-12,14,19-20H,13,15-18H2,1-3H3,(H,30,33). The van der Waals surface area contributed by atoms with Gasteiger partial charge in [0.05, 0.1) is 5.69 Å². The Bertz CT molecular complexity index is 1140. The molecule has 2 heterocycles. The summed E-state index contributed by atoms with van der Waals surface area (Å²) in [5.74, 6) is 0.849. The van der Waals surface area contributed by atoms with Crippen molar-refractivity contribution in [1.82, 2.24) is 9.47 Å². The van der Waals surface area contributed by atoms with Gasteiger partial charge in [-0.25, -0.2) is 4.39 Å². The molecule has 0 spiro atoms. The topological polar surface area (TPSA) is 54.3 Å². The van der Waals surface area contributed by atoms with E-state index in [2.05, 4.69) is 23.7 Å². The third-order valence-electron chi connectivity index (χ3n) is 6.36. The van der Waals surface area contributed by atoms with E-state index in [1.165, 1.54) is 25.5 Å². The highest BCUT2D eigenvalue weighted by atomic mass is 19.1. The number of aromatic nitrogens is 1. The summed E-state index contributed by atoms with van der Waals surface area (Å²) in [6.45, 7) is 7.55. The first-order valence-corrected chi connectivity index (χ1v) is 11.9. The summed E-state index contributed by atoms with van der Waals surface area (Å²) < 4.78 is 15.6. The van der Waals surface area contributed by atoms with Crippen LogP contribution in [0.15, 0.2) is 60.7 Å². The highest BCUT2D eigenvalue weighted by molar-refractivity contribution is 5.88. The number of likely N-dealkylation sites (tertiary alicyclic amines) is 1. The normalized spacial score (nSPS) is 18.1. The molecule has 0 aliphatic carbocycles. The highest BCUT2D eigenvalue weighted by Crippen LogP contribution is 2.29. The second-order valence-corrected chi connectivity index (χ2v) is 9.53. The van der Waals surface area contributed by atoms with Crippen molar-refractivity contribution in [2.75, 3.05) is 18.4 Å². The van der Waals surface area contributed by atoms with Crippen molar-refractivity contribution in [3.8, 4) is 16.9 Å². The van der Waals surface area contributed by atoms with Gasteiger partial charge in [-0.15, -0.1) is 0 Å². The number of carbonyl (C=O) groups is 2. The average Bonchev–Trinajstić information content (AvgIpc) is 3.21. The molecule has 6 heteroatoms. The lowest BCUT2D eigenvalue weighted by molar-refractivity contribution is -0.133. The minimum absolute atomic E-state index is 0.124. The number of anilines is 1. The molecule has 2 unspecified atom stereocenters. The second-order valence-electron chi connectivity index (χ2n) is 9.53. The van der Waals surface area contributed by atoms with Crippen LogP contribution in [0.1, 0.15) is 39.3 Å². The predicted octanol–water partition coefficient (Wildman–Crippen LogP) is 5.68. The average molecular weight is 462 g/mol. The Morgan fingerprint density at radius 2 is 1.59 bits per heavy atom. The second kappa shape index (κ2) is 10.2. The number of hydrogen-bond acceptors (Lipinski definition) is 2. The first-order chi connectivity index (χ1) is 16.3. The molecule has 1 N–H and O–H groups in total. The van der Waals surface area contributed by atoms with E-state index in [4.69, 9.17) is 0 Å². The van der Waals surface area contributed by atoms with Crippen molar-refractivity contribution in [3.05, 3.63) is 72.2 Å². The van der Waals surface area contributed by atoms with Gasteiger partial charge < -0.3 is 14.8 Å². The fraction of sp³-hybridized carbons (Fsp3) is 0.357. The maximum Gasteiger partial charge on any atom is 0.222 e. The Labute approximate surface area is 200 Å². The summed E-state index contributed by atoms with van der Waals surface area (Å²) in [6, 6.07) is 18.1. The van der Waals surface area contributed by atoms with E-state index >= 15 is 0 Å². The summed E-state index contributed by atoms with van der Waals surface area (Å²) in [4.78, 5) is 26.4. The number of rotatable bonds is 6. The summed E-state index contributed by atoms with van der Waals surface area (Å²) in [7, 11) is 0. The van der Waals surface area contributed by atoms with E-state index in [1.807, 2.05) is 41.3 Å². The van der Waals surface area contributed by atoms with E-state index in [0.717, 1.165) is 41.4 Å². The molecule has 3 aromatic rings. The van der Waals surface area contributed by atoms with Gasteiger partial charge in [-0.2, -0.15) is 0 Å². The highest BCUT2D eigenvalue weighted by Gasteiger charge is 2.25. The quantitative estimate of drug-likeness (QED) is 0.514. The number of nitrogens with zero attached hydrogens (tertiary/aromatic N) is 2. The molecule has 4 rings (SSSR count). The van der Waals surface area contributed by atoms with E-state index < -0.39 is 0 Å². The number of nitrogens with one attached hydrogen (secondary N) is 1. The summed E-state index contributed by atoms with van der Waals surface area (Å²) in [6.07, 6.45) is 2.21. The minimum atomic E-state index is -0.280. The molecule has 34 heavy (non-hydrogen) atoms. The fourth-order valence-electron chi connectivity index (χ4n) is 4.98. The van der Waals surface area contributed by atoms with Crippen LogP contribution < -0.4 is 5.32 Å². The zero-order valence-corrected chi connectivity index (χ0v) is 20.1. The van der Waals surface area contributed by atoms with Gasteiger partial charge in [-0.3, -0.25) is 9.59 Å². The van der Waals surface area contributed by atoms with Gasteiger partial charge in [0.25, 0.3) is 0 Å². The molecule has 1 aliphatic heterocycles. The molecule has 0 bridgehead atoms. The third kappa shape index (κ3) is 5.56. The molecular weight excluding hydrogens is 429 g/mol. The summed E-state index contributed by atoms with van der Waals surface area (Å²) in [5.41, 5.74) is 4.47. The monoisotopic (exact) mass is 461 g/mol. The van der Waals surface area contributed by atoms with Gasteiger partial charge >= 0.3 is 0 Å². The van der Waals surface area contributed by atoms with Crippen LogP contribution in [-0.4, -0.2) is 34.4 Å². The molecule has 2 aromatic carbocycles. The number of hydrogen-bond donors (Lipinski definition) is 1. The SMILES string of the molecule is CC(=O)Nc1ccc(-n2c(CCC(=O)N3CC(C)CC(C)C3)ccc2-c2ccc(F)cc2)cc1. The first kappa shape index (κ1) is 23.7. The molecule has 2 atom stereocenters. The Balaban J connectivity index is 1.61. The Kier molecular flexibility index (Phi) is 7.15. The molecule has 1 aliphatic rings. The maximum absolute atomic E-state index is 13.5. The van der Waals surface area contributed by atoms with Crippen LogP contribution in [0.4, 0.5) is 10.1 Å². The summed E-state index contributed by atoms with van der Waals surface area (Å²) >= 11 is 0. The maximum atomic E-state index is 13.5. The number of amides is 2. The van der Waals surface area contributed by atoms with Crippen LogP contribution in [-0.2, 0) is 16.0 Å². The molecule has 0 saturated carbocycles. The van der Waals surface area contributed by atoms with Crippen molar-refractivity contribution in [2.45, 2.75) is 40.0 Å². The van der Waals surface area contributed by atoms with Gasteiger partial charge in [0, 0.05) is 43.5 Å². The largest absolute Gasteiger partial charge is 0.342 e. The lowest BCUT2D eigenvalue weighted by atomic mass is 9.91. The van der Waals surface area contributed by atoms with Crippen molar-refractivity contribution < 1.29 is 14.0 Å². The molecule has 178 valence electrons. The van der Waals surface area contributed by atoms with Crippen LogP contribution in [0.3, 0.4) is 0 Å². The van der Waals surface area contributed by atoms with Crippen LogP contribution >= 0.6 is 0 Å². The Morgan fingerprint density at radius 3 is 2.21 bits per heavy atom. The number of halogens is 1. The Hall–Kier alpha value is -3.41. The summed E-state index contributed by atoms with van der Waals surface area (Å²) in [5, 5.41) is 2.79. The van der Waals surface area contributed by atoms with Gasteiger partial charge in [-0.05, 0) is 90.9 Å². The van der Waals surface area contributed by atoms with Crippen LogP contribution in [0.25, 0.3) is 16.9 Å². The number of benzene rings is 2. The van der Waals surface area contributed by atoms with Crippen LogP contribution in [0, 0.1) is 17.7 Å². The number of carbonyl (C=O) groups excluding carboxylic acids is 2. The number of aryl methyl sites for hydroxylation is 1. The van der Waals surface area contributed by atoms with Crippen molar-refractivity contribution >= 4 is 17.5 Å². The van der Waals surface area contributed by atoms with E-state index in [0.29, 0.717) is 24.7 Å². The molecule has 1 fully saturated rings. The van der Waals surface area contributed by atoms with Gasteiger partial charge in [0.2, 0.25) is 11.8 Å². The zero-order chi connectivity index (χ0) is 24.2. The molecule has 2 amide bonds. The van der Waals surface area contributed by atoms with Gasteiger partial charge in [0.15, 0.2) is 0 Å². The van der Waals surface area contributed by atoms with Gasteiger partial charge in [0.1, 0.15) is 5.82 Å². The van der Waals surface area contributed by atoms with Crippen LogP contribution in [0.5, 0.6) is 0 Å². The fourth-order valence-corrected chi connectivity index (χ4v) is 4.98. The molecule has 0 radical (unpaired) electrons. The number of piperidine rings is 1. The molecule has 5 nitrogen and oxygen atoms in total. The van der Waals surface area contributed by atoms with Crippen molar-refractivity contribution in [2.24, 2.45) is 11.8 Å². The zero-order valence-electron chi connectivity index (χ0n) is 20.1. The lowest BCUT2D eigenvalue weighted by Crippen LogP contribution is -2.42. The Morgan fingerprint density at radius 1 is 0.941 bits per heavy atom. The predicted molar refractivity (Wildman–Crippen MR) is 133 cm³/mol. The van der Waals surface area contributed by atoms with Crippen LogP contribution in [0.2, 0.25) is 0 Å². The molecule has 1 saturated heterocycles. The lowest BCUT2D eigenvalue weighted by Gasteiger charge is -2.35. The molecule has 1 aromatic heterocycles. The smallest absolute Gasteiger partial charge is 0.222 e. The first-order valence-electron chi connectivity index (χ1n) is 11.9.